The first-order valence-electron chi connectivity index (χ1n) is 7.09. The monoisotopic (exact) mass is 294 g/mol. The molecule has 0 saturated carbocycles. The molecule has 0 aliphatic heterocycles. The second-order valence-corrected chi connectivity index (χ2v) is 4.79. The standard InChI is InChI=1S/C14H22N4O3/c1-4-8-15-12(19)10-17(3)14(21)11-6-7-13(20)18(16-11)9-5-2/h6-7H,4-5,8-10H2,1-3H3,(H,15,19). The Morgan fingerprint density at radius 3 is 2.62 bits per heavy atom. The van der Waals surface area contributed by atoms with Crippen LogP contribution in [-0.2, 0) is 11.3 Å². The second-order valence-electron chi connectivity index (χ2n) is 4.79. The van der Waals surface area contributed by atoms with Crippen LogP contribution in [0.15, 0.2) is 16.9 Å². The third kappa shape index (κ3) is 5.02. The van der Waals surface area contributed by atoms with Crippen LogP contribution in [-0.4, -0.2) is 46.6 Å². The van der Waals surface area contributed by atoms with E-state index < -0.39 is 0 Å². The summed E-state index contributed by atoms with van der Waals surface area (Å²) in [6, 6.07) is 2.71. The van der Waals surface area contributed by atoms with Crippen LogP contribution in [0.4, 0.5) is 0 Å². The molecule has 0 saturated heterocycles. The quantitative estimate of drug-likeness (QED) is 0.781. The lowest BCUT2D eigenvalue weighted by Gasteiger charge is -2.16. The van der Waals surface area contributed by atoms with Crippen molar-refractivity contribution in [2.24, 2.45) is 0 Å². The number of aryl methyl sites for hydroxylation is 1. The van der Waals surface area contributed by atoms with E-state index in [1.807, 2.05) is 13.8 Å². The van der Waals surface area contributed by atoms with Gasteiger partial charge in [0.2, 0.25) is 5.91 Å². The van der Waals surface area contributed by atoms with Gasteiger partial charge in [0, 0.05) is 26.2 Å². The molecule has 0 spiro atoms. The van der Waals surface area contributed by atoms with Crippen molar-refractivity contribution in [1.29, 1.82) is 0 Å². The summed E-state index contributed by atoms with van der Waals surface area (Å²) in [5, 5.41) is 6.74. The number of likely N-dealkylation sites (N-methyl/N-ethyl adjacent to an activating group) is 1. The minimum absolute atomic E-state index is 0.0343. The predicted octanol–water partition coefficient (Wildman–Crippen LogP) is 0.251. The molecule has 1 heterocycles. The summed E-state index contributed by atoms with van der Waals surface area (Å²) in [5.41, 5.74) is -0.0782. The van der Waals surface area contributed by atoms with Crippen LogP contribution < -0.4 is 10.9 Å². The van der Waals surface area contributed by atoms with Gasteiger partial charge >= 0.3 is 0 Å². The lowest BCUT2D eigenvalue weighted by atomic mass is 10.3. The molecule has 0 radical (unpaired) electrons. The van der Waals surface area contributed by atoms with Crippen LogP contribution in [0, 0.1) is 0 Å². The smallest absolute Gasteiger partial charge is 0.274 e. The molecule has 1 aromatic heterocycles. The molecule has 116 valence electrons. The Balaban J connectivity index is 2.76. The number of nitrogens with one attached hydrogen (secondary N) is 1. The van der Waals surface area contributed by atoms with Crippen LogP contribution in [0.2, 0.25) is 0 Å². The molecule has 0 aromatic carbocycles. The Labute approximate surface area is 123 Å². The van der Waals surface area contributed by atoms with E-state index in [-0.39, 0.29) is 29.6 Å². The van der Waals surface area contributed by atoms with Gasteiger partial charge < -0.3 is 10.2 Å². The van der Waals surface area contributed by atoms with Crippen molar-refractivity contribution < 1.29 is 9.59 Å². The summed E-state index contributed by atoms with van der Waals surface area (Å²) in [5.74, 6) is -0.596. The fourth-order valence-corrected chi connectivity index (χ4v) is 1.74. The number of carbonyl (C=O) groups excluding carboxylic acids is 2. The van der Waals surface area contributed by atoms with E-state index >= 15 is 0 Å². The lowest BCUT2D eigenvalue weighted by molar-refractivity contribution is -0.121. The van der Waals surface area contributed by atoms with Crippen LogP contribution in [0.1, 0.15) is 37.2 Å². The number of rotatable bonds is 7. The molecule has 21 heavy (non-hydrogen) atoms. The summed E-state index contributed by atoms with van der Waals surface area (Å²) >= 11 is 0. The van der Waals surface area contributed by atoms with Crippen LogP contribution in [0.5, 0.6) is 0 Å². The third-order valence-electron chi connectivity index (χ3n) is 2.82. The van der Waals surface area contributed by atoms with Crippen molar-refractivity contribution in [3.05, 3.63) is 28.2 Å². The first-order chi connectivity index (χ1) is 9.99. The van der Waals surface area contributed by atoms with Gasteiger partial charge in [-0.1, -0.05) is 13.8 Å². The highest BCUT2D eigenvalue weighted by Gasteiger charge is 2.17. The summed E-state index contributed by atoms with van der Waals surface area (Å²) in [6.07, 6.45) is 1.59. The number of hydrogen-bond donors (Lipinski definition) is 1. The normalized spacial score (nSPS) is 10.2. The number of nitrogens with zero attached hydrogens (tertiary/aromatic N) is 3. The Morgan fingerprint density at radius 2 is 2.00 bits per heavy atom. The van der Waals surface area contributed by atoms with Crippen molar-refractivity contribution in [2.45, 2.75) is 33.2 Å². The molecule has 1 rings (SSSR count). The van der Waals surface area contributed by atoms with E-state index in [1.54, 1.807) is 0 Å². The average molecular weight is 294 g/mol. The summed E-state index contributed by atoms with van der Waals surface area (Å²) in [7, 11) is 1.53. The zero-order chi connectivity index (χ0) is 15.8. The predicted molar refractivity (Wildman–Crippen MR) is 79.0 cm³/mol. The van der Waals surface area contributed by atoms with Crippen LogP contribution in [0.25, 0.3) is 0 Å². The van der Waals surface area contributed by atoms with Gasteiger partial charge in [0.05, 0.1) is 6.54 Å². The van der Waals surface area contributed by atoms with Gasteiger partial charge in [-0.3, -0.25) is 14.4 Å². The van der Waals surface area contributed by atoms with Crippen molar-refractivity contribution in [3.63, 3.8) is 0 Å². The third-order valence-corrected chi connectivity index (χ3v) is 2.82. The molecule has 1 aromatic rings. The van der Waals surface area contributed by atoms with Crippen LogP contribution in [0.3, 0.4) is 0 Å². The van der Waals surface area contributed by atoms with Gasteiger partial charge in [0.1, 0.15) is 5.69 Å². The Kier molecular flexibility index (Phi) is 6.58. The maximum absolute atomic E-state index is 12.2. The molecule has 2 amide bonds. The molecular weight excluding hydrogens is 272 g/mol. The highest BCUT2D eigenvalue weighted by molar-refractivity contribution is 5.94. The fourth-order valence-electron chi connectivity index (χ4n) is 1.74. The summed E-state index contributed by atoms with van der Waals surface area (Å²) in [4.78, 5) is 36.6. The highest BCUT2D eigenvalue weighted by atomic mass is 16.2. The van der Waals surface area contributed by atoms with E-state index in [2.05, 4.69) is 10.4 Å². The minimum Gasteiger partial charge on any atom is -0.355 e. The second kappa shape index (κ2) is 8.18. The van der Waals surface area contributed by atoms with Gasteiger partial charge in [0.15, 0.2) is 0 Å². The number of hydrogen-bond acceptors (Lipinski definition) is 4. The van der Waals surface area contributed by atoms with Crippen molar-refractivity contribution in [3.8, 4) is 0 Å². The minimum atomic E-state index is -0.383. The molecule has 0 atom stereocenters. The van der Waals surface area contributed by atoms with Crippen molar-refractivity contribution in [1.82, 2.24) is 20.0 Å². The van der Waals surface area contributed by atoms with Gasteiger partial charge in [-0.25, -0.2) is 4.68 Å². The van der Waals surface area contributed by atoms with E-state index in [1.165, 1.54) is 28.8 Å². The Morgan fingerprint density at radius 1 is 1.29 bits per heavy atom. The molecule has 0 aliphatic rings. The highest BCUT2D eigenvalue weighted by Crippen LogP contribution is 1.98. The fraction of sp³-hybridized carbons (Fsp3) is 0.571. The molecule has 7 heteroatoms. The number of carbonyl (C=O) groups is 2. The van der Waals surface area contributed by atoms with Gasteiger partial charge in [-0.15, -0.1) is 0 Å². The van der Waals surface area contributed by atoms with Gasteiger partial charge in [0.25, 0.3) is 11.5 Å². The van der Waals surface area contributed by atoms with E-state index in [0.29, 0.717) is 13.1 Å². The van der Waals surface area contributed by atoms with Gasteiger partial charge in [-0.05, 0) is 18.9 Å². The lowest BCUT2D eigenvalue weighted by Crippen LogP contribution is -2.39. The van der Waals surface area contributed by atoms with E-state index in [0.717, 1.165) is 12.8 Å². The first kappa shape index (κ1) is 16.9. The molecular formula is C14H22N4O3. The topological polar surface area (TPSA) is 84.3 Å². The van der Waals surface area contributed by atoms with Gasteiger partial charge in [-0.2, -0.15) is 5.10 Å². The van der Waals surface area contributed by atoms with E-state index in [4.69, 9.17) is 0 Å². The maximum Gasteiger partial charge on any atom is 0.274 e. The molecule has 0 aliphatic carbocycles. The molecule has 0 bridgehead atoms. The average Bonchev–Trinajstić information content (AvgIpc) is 2.46. The number of aromatic nitrogens is 2. The maximum atomic E-state index is 12.2. The molecule has 0 unspecified atom stereocenters. The summed E-state index contributed by atoms with van der Waals surface area (Å²) < 4.78 is 1.26. The van der Waals surface area contributed by atoms with Crippen LogP contribution >= 0.6 is 0 Å². The van der Waals surface area contributed by atoms with Crippen molar-refractivity contribution >= 4 is 11.8 Å². The first-order valence-corrected chi connectivity index (χ1v) is 7.09. The van der Waals surface area contributed by atoms with Crippen molar-refractivity contribution in [2.75, 3.05) is 20.1 Å². The largest absolute Gasteiger partial charge is 0.355 e. The Hall–Kier alpha value is -2.18. The molecule has 0 fully saturated rings. The Bertz CT molecular complexity index is 553. The molecule has 1 N–H and O–H groups in total. The zero-order valence-corrected chi connectivity index (χ0v) is 12.8. The SMILES string of the molecule is CCCNC(=O)CN(C)C(=O)c1ccc(=O)n(CCC)n1. The van der Waals surface area contributed by atoms with E-state index in [9.17, 15) is 14.4 Å². The zero-order valence-electron chi connectivity index (χ0n) is 12.8. The summed E-state index contributed by atoms with van der Waals surface area (Å²) in [6.45, 7) is 4.89. The number of amides is 2. The molecule has 7 nitrogen and oxygen atoms in total.